The van der Waals surface area contributed by atoms with E-state index in [1.54, 1.807) is 0 Å². The van der Waals surface area contributed by atoms with Crippen molar-refractivity contribution in [2.75, 3.05) is 13.2 Å². The first-order chi connectivity index (χ1) is 13.3. The molecule has 0 saturated heterocycles. The van der Waals surface area contributed by atoms with Gasteiger partial charge in [-0.15, -0.1) is 0 Å². The molecular weight excluding hydrogens is 384 g/mol. The molecule has 0 heterocycles. The van der Waals surface area contributed by atoms with E-state index < -0.39 is 27.0 Å². The molecule has 158 valence electrons. The zero-order valence-electron chi connectivity index (χ0n) is 16.6. The second-order valence-corrected chi connectivity index (χ2v) is 7.97. The summed E-state index contributed by atoms with van der Waals surface area (Å²) in [6, 6.07) is 3.30. The average Bonchev–Trinajstić information content (AvgIpc) is 2.66. The molecule has 0 aliphatic carbocycles. The lowest BCUT2D eigenvalue weighted by molar-refractivity contribution is 0.0492. The van der Waals surface area contributed by atoms with Gasteiger partial charge in [0.25, 0.3) is 10.1 Å². The Morgan fingerprint density at radius 1 is 0.857 bits per heavy atom. The number of esters is 2. The Kier molecular flexibility index (Phi) is 10.8. The van der Waals surface area contributed by atoms with Crippen molar-refractivity contribution in [3.63, 3.8) is 0 Å². The molecule has 1 N–H and O–H groups in total. The number of carbonyl (C=O) groups excluding carboxylic acids is 2. The van der Waals surface area contributed by atoms with Crippen LogP contribution in [0.15, 0.2) is 23.1 Å². The van der Waals surface area contributed by atoms with Crippen molar-refractivity contribution in [3.8, 4) is 0 Å². The molecule has 8 heteroatoms. The van der Waals surface area contributed by atoms with Crippen LogP contribution in [0.1, 0.15) is 85.9 Å². The van der Waals surface area contributed by atoms with Gasteiger partial charge in [-0.1, -0.05) is 52.4 Å². The van der Waals surface area contributed by atoms with Gasteiger partial charge in [0, 0.05) is 0 Å². The van der Waals surface area contributed by atoms with Crippen molar-refractivity contribution in [3.05, 3.63) is 29.3 Å². The maximum Gasteiger partial charge on any atom is 0.339 e. The Hall–Kier alpha value is -1.93. The van der Waals surface area contributed by atoms with Crippen molar-refractivity contribution >= 4 is 22.1 Å². The van der Waals surface area contributed by atoms with Crippen LogP contribution in [0.25, 0.3) is 0 Å². The molecule has 7 nitrogen and oxygen atoms in total. The number of benzene rings is 1. The maximum absolute atomic E-state index is 12.3. The quantitative estimate of drug-likeness (QED) is 0.289. The summed E-state index contributed by atoms with van der Waals surface area (Å²) in [6.45, 7) is 4.51. The third kappa shape index (κ3) is 8.39. The molecule has 0 aliphatic rings. The fourth-order valence-electron chi connectivity index (χ4n) is 2.59. The number of ether oxygens (including phenoxy) is 2. The smallest absolute Gasteiger partial charge is 0.339 e. The number of hydrogen-bond donors (Lipinski definition) is 1. The summed E-state index contributed by atoms with van der Waals surface area (Å²) in [6.07, 6.45) is 7.37. The summed E-state index contributed by atoms with van der Waals surface area (Å²) in [5, 5.41) is 0. The minimum Gasteiger partial charge on any atom is -0.462 e. The molecule has 0 fully saturated rings. The number of hydrogen-bond acceptors (Lipinski definition) is 6. The van der Waals surface area contributed by atoms with E-state index in [0.717, 1.165) is 57.1 Å². The summed E-state index contributed by atoms with van der Waals surface area (Å²) < 4.78 is 42.7. The van der Waals surface area contributed by atoms with E-state index >= 15 is 0 Å². The molecule has 1 aromatic carbocycles. The Morgan fingerprint density at radius 3 is 1.89 bits per heavy atom. The predicted molar refractivity (Wildman–Crippen MR) is 105 cm³/mol. The lowest BCUT2D eigenvalue weighted by atomic mass is 10.1. The van der Waals surface area contributed by atoms with Crippen molar-refractivity contribution in [1.82, 2.24) is 0 Å². The highest BCUT2D eigenvalue weighted by atomic mass is 32.2. The number of rotatable bonds is 13. The predicted octanol–water partition coefficient (Wildman–Crippen LogP) is 4.41. The zero-order valence-corrected chi connectivity index (χ0v) is 17.4. The van der Waals surface area contributed by atoms with E-state index in [-0.39, 0.29) is 24.3 Å². The first kappa shape index (κ1) is 24.1. The van der Waals surface area contributed by atoms with E-state index in [2.05, 4.69) is 13.8 Å². The van der Waals surface area contributed by atoms with Gasteiger partial charge in [-0.25, -0.2) is 9.59 Å². The minimum atomic E-state index is -4.64. The highest BCUT2D eigenvalue weighted by molar-refractivity contribution is 7.86. The van der Waals surface area contributed by atoms with Gasteiger partial charge in [0.1, 0.15) is 4.90 Å². The van der Waals surface area contributed by atoms with Crippen LogP contribution in [0.2, 0.25) is 0 Å². The van der Waals surface area contributed by atoms with Gasteiger partial charge in [-0.2, -0.15) is 8.42 Å². The van der Waals surface area contributed by atoms with E-state index in [1.165, 1.54) is 6.07 Å². The van der Waals surface area contributed by atoms with Crippen LogP contribution in [0.4, 0.5) is 0 Å². The Balaban J connectivity index is 2.85. The van der Waals surface area contributed by atoms with E-state index in [1.807, 2.05) is 0 Å². The molecule has 1 aromatic rings. The fourth-order valence-corrected chi connectivity index (χ4v) is 3.25. The van der Waals surface area contributed by atoms with Crippen LogP contribution in [0.5, 0.6) is 0 Å². The molecule has 0 amide bonds. The molecule has 0 bridgehead atoms. The summed E-state index contributed by atoms with van der Waals surface area (Å²) >= 11 is 0. The summed E-state index contributed by atoms with van der Waals surface area (Å²) in [7, 11) is -4.64. The molecule has 28 heavy (non-hydrogen) atoms. The zero-order chi connectivity index (χ0) is 21.0. The van der Waals surface area contributed by atoms with E-state index in [0.29, 0.717) is 6.42 Å². The first-order valence-corrected chi connectivity index (χ1v) is 11.2. The lowest BCUT2D eigenvalue weighted by Crippen LogP contribution is -2.15. The van der Waals surface area contributed by atoms with Crippen molar-refractivity contribution < 1.29 is 32.0 Å². The normalized spacial score (nSPS) is 11.2. The van der Waals surface area contributed by atoms with E-state index in [4.69, 9.17) is 9.47 Å². The van der Waals surface area contributed by atoms with Gasteiger partial charge < -0.3 is 9.47 Å². The second-order valence-electron chi connectivity index (χ2n) is 6.58. The monoisotopic (exact) mass is 414 g/mol. The maximum atomic E-state index is 12.3. The van der Waals surface area contributed by atoms with Crippen molar-refractivity contribution in [2.24, 2.45) is 0 Å². The lowest BCUT2D eigenvalue weighted by Gasteiger charge is -2.10. The standard InChI is InChI=1S/C20H30O7S/c1-3-5-7-9-13-26-19(21)16-11-12-18(28(23,24)25)17(15-16)20(22)27-14-10-8-6-4-2/h11-12,15H,3-10,13-14H2,1-2H3,(H,23,24,25). The largest absolute Gasteiger partial charge is 0.462 e. The van der Waals surface area contributed by atoms with Crippen LogP contribution < -0.4 is 0 Å². The number of unbranched alkanes of at least 4 members (excludes halogenated alkanes) is 6. The highest BCUT2D eigenvalue weighted by Gasteiger charge is 2.24. The Morgan fingerprint density at radius 2 is 1.39 bits per heavy atom. The third-order valence-corrected chi connectivity index (χ3v) is 5.09. The molecule has 0 saturated carbocycles. The second kappa shape index (κ2) is 12.5. The Bertz CT molecular complexity index is 741. The molecular formula is C20H30O7S. The van der Waals surface area contributed by atoms with Crippen molar-refractivity contribution in [1.29, 1.82) is 0 Å². The number of carbonyl (C=O) groups is 2. The van der Waals surface area contributed by atoms with Crippen LogP contribution in [-0.2, 0) is 19.6 Å². The van der Waals surface area contributed by atoms with Gasteiger partial charge in [0.05, 0.1) is 24.3 Å². The molecule has 0 aromatic heterocycles. The van der Waals surface area contributed by atoms with Gasteiger partial charge in [-0.05, 0) is 31.0 Å². The van der Waals surface area contributed by atoms with Crippen LogP contribution in [0.3, 0.4) is 0 Å². The molecule has 0 unspecified atom stereocenters. The van der Waals surface area contributed by atoms with E-state index in [9.17, 15) is 22.6 Å². The summed E-state index contributed by atoms with van der Waals surface area (Å²) in [5.41, 5.74) is -0.348. The third-order valence-electron chi connectivity index (χ3n) is 4.18. The first-order valence-electron chi connectivity index (χ1n) is 9.77. The Labute approximate surface area is 167 Å². The van der Waals surface area contributed by atoms with Gasteiger partial charge >= 0.3 is 11.9 Å². The summed E-state index contributed by atoms with van der Waals surface area (Å²) in [5.74, 6) is -1.56. The summed E-state index contributed by atoms with van der Waals surface area (Å²) in [4.78, 5) is 23.9. The highest BCUT2D eigenvalue weighted by Crippen LogP contribution is 2.20. The molecule has 0 aliphatic heterocycles. The minimum absolute atomic E-state index is 0.0285. The van der Waals surface area contributed by atoms with Crippen LogP contribution in [0, 0.1) is 0 Å². The SMILES string of the molecule is CCCCCCOC(=O)c1ccc(S(=O)(=O)O)c(C(=O)OCCCCCC)c1. The molecule has 0 radical (unpaired) electrons. The average molecular weight is 415 g/mol. The van der Waals surface area contributed by atoms with Gasteiger partial charge in [0.2, 0.25) is 0 Å². The van der Waals surface area contributed by atoms with Crippen LogP contribution in [-0.4, -0.2) is 38.1 Å². The van der Waals surface area contributed by atoms with Gasteiger partial charge in [-0.3, -0.25) is 4.55 Å². The molecule has 1 rings (SSSR count). The van der Waals surface area contributed by atoms with Crippen molar-refractivity contribution in [2.45, 2.75) is 70.1 Å². The topological polar surface area (TPSA) is 107 Å². The van der Waals surface area contributed by atoms with Crippen LogP contribution >= 0.6 is 0 Å². The fraction of sp³-hybridized carbons (Fsp3) is 0.600. The van der Waals surface area contributed by atoms with Gasteiger partial charge in [0.15, 0.2) is 0 Å². The molecule has 0 spiro atoms. The molecule has 0 atom stereocenters.